The molecule has 1 aliphatic heterocycles. The first-order valence-corrected chi connectivity index (χ1v) is 6.82. The third-order valence-electron chi connectivity index (χ3n) is 3.31. The van der Waals surface area contributed by atoms with Crippen LogP contribution in [0, 0.1) is 5.92 Å². The molecule has 1 fully saturated rings. The van der Waals surface area contributed by atoms with Gasteiger partial charge in [0.05, 0.1) is 20.3 Å². The molecule has 0 radical (unpaired) electrons. The van der Waals surface area contributed by atoms with E-state index in [9.17, 15) is 0 Å². The summed E-state index contributed by atoms with van der Waals surface area (Å²) in [6, 6.07) is 6.05. The SMILES string of the molecule is COc1cccc(CC(C)N)c1OCC1CCOC1. The zero-order chi connectivity index (χ0) is 13.7. The highest BCUT2D eigenvalue weighted by Crippen LogP contribution is 2.32. The highest BCUT2D eigenvalue weighted by molar-refractivity contribution is 5.47. The lowest BCUT2D eigenvalue weighted by Gasteiger charge is -2.17. The molecule has 0 saturated carbocycles. The summed E-state index contributed by atoms with van der Waals surface area (Å²) in [7, 11) is 1.66. The van der Waals surface area contributed by atoms with Gasteiger partial charge in [0.1, 0.15) is 0 Å². The normalized spacial score (nSPS) is 20.3. The van der Waals surface area contributed by atoms with Crippen LogP contribution in [-0.4, -0.2) is 33.0 Å². The van der Waals surface area contributed by atoms with Crippen molar-refractivity contribution in [2.24, 2.45) is 11.7 Å². The van der Waals surface area contributed by atoms with E-state index in [-0.39, 0.29) is 6.04 Å². The summed E-state index contributed by atoms with van der Waals surface area (Å²) in [6.07, 6.45) is 1.85. The quantitative estimate of drug-likeness (QED) is 0.854. The van der Waals surface area contributed by atoms with Gasteiger partial charge in [0, 0.05) is 18.6 Å². The van der Waals surface area contributed by atoms with E-state index in [1.165, 1.54) is 0 Å². The Bertz CT molecular complexity index is 400. The monoisotopic (exact) mass is 265 g/mol. The molecule has 0 bridgehead atoms. The second-order valence-electron chi connectivity index (χ2n) is 5.17. The maximum Gasteiger partial charge on any atom is 0.164 e. The first-order chi connectivity index (χ1) is 9.20. The molecule has 2 rings (SSSR count). The van der Waals surface area contributed by atoms with Crippen molar-refractivity contribution in [3.63, 3.8) is 0 Å². The molecule has 0 amide bonds. The average Bonchev–Trinajstić information content (AvgIpc) is 2.89. The van der Waals surface area contributed by atoms with E-state index in [1.54, 1.807) is 7.11 Å². The van der Waals surface area contributed by atoms with Gasteiger partial charge in [0.25, 0.3) is 0 Å². The third kappa shape index (κ3) is 3.85. The predicted octanol–water partition coefficient (Wildman–Crippen LogP) is 2.00. The Labute approximate surface area is 114 Å². The highest BCUT2D eigenvalue weighted by atomic mass is 16.5. The number of benzene rings is 1. The van der Waals surface area contributed by atoms with E-state index in [1.807, 2.05) is 25.1 Å². The average molecular weight is 265 g/mol. The number of para-hydroxylation sites is 1. The summed E-state index contributed by atoms with van der Waals surface area (Å²) in [6.45, 7) is 4.30. The topological polar surface area (TPSA) is 53.7 Å². The fraction of sp³-hybridized carbons (Fsp3) is 0.600. The van der Waals surface area contributed by atoms with Crippen LogP contribution in [0.15, 0.2) is 18.2 Å². The molecule has 4 heteroatoms. The van der Waals surface area contributed by atoms with Crippen molar-refractivity contribution in [3.05, 3.63) is 23.8 Å². The summed E-state index contributed by atoms with van der Waals surface area (Å²) in [5, 5.41) is 0. The smallest absolute Gasteiger partial charge is 0.164 e. The Kier molecular flexibility index (Phi) is 5.05. The van der Waals surface area contributed by atoms with Crippen LogP contribution in [0.2, 0.25) is 0 Å². The maximum atomic E-state index is 5.98. The minimum absolute atomic E-state index is 0.101. The van der Waals surface area contributed by atoms with Gasteiger partial charge in [-0.1, -0.05) is 12.1 Å². The molecule has 4 nitrogen and oxygen atoms in total. The Morgan fingerprint density at radius 3 is 2.95 bits per heavy atom. The number of rotatable bonds is 6. The molecule has 2 N–H and O–H groups in total. The van der Waals surface area contributed by atoms with E-state index in [2.05, 4.69) is 0 Å². The van der Waals surface area contributed by atoms with Crippen LogP contribution in [0.1, 0.15) is 18.9 Å². The second kappa shape index (κ2) is 6.78. The lowest BCUT2D eigenvalue weighted by Crippen LogP contribution is -2.19. The molecule has 2 atom stereocenters. The van der Waals surface area contributed by atoms with Gasteiger partial charge in [-0.3, -0.25) is 0 Å². The molecule has 1 aromatic carbocycles. The predicted molar refractivity (Wildman–Crippen MR) is 74.8 cm³/mol. The molecule has 2 unspecified atom stereocenters. The Balaban J connectivity index is 2.09. The third-order valence-corrected chi connectivity index (χ3v) is 3.31. The van der Waals surface area contributed by atoms with Crippen LogP contribution < -0.4 is 15.2 Å². The fourth-order valence-corrected chi connectivity index (χ4v) is 2.31. The van der Waals surface area contributed by atoms with Crippen LogP contribution in [0.4, 0.5) is 0 Å². The molecule has 0 spiro atoms. The van der Waals surface area contributed by atoms with Gasteiger partial charge in [-0.15, -0.1) is 0 Å². The van der Waals surface area contributed by atoms with Crippen molar-refractivity contribution in [1.82, 2.24) is 0 Å². The van der Waals surface area contributed by atoms with Crippen molar-refractivity contribution in [1.29, 1.82) is 0 Å². The Morgan fingerprint density at radius 2 is 2.32 bits per heavy atom. The van der Waals surface area contributed by atoms with Crippen LogP contribution in [-0.2, 0) is 11.2 Å². The molecule has 1 heterocycles. The van der Waals surface area contributed by atoms with Gasteiger partial charge in [0.15, 0.2) is 11.5 Å². The number of hydrogen-bond acceptors (Lipinski definition) is 4. The number of ether oxygens (including phenoxy) is 3. The van der Waals surface area contributed by atoms with Gasteiger partial charge in [-0.2, -0.15) is 0 Å². The summed E-state index contributed by atoms with van der Waals surface area (Å²) in [4.78, 5) is 0. The van der Waals surface area contributed by atoms with Crippen LogP contribution >= 0.6 is 0 Å². The van der Waals surface area contributed by atoms with Crippen molar-refractivity contribution in [2.75, 3.05) is 26.9 Å². The van der Waals surface area contributed by atoms with Crippen LogP contribution in [0.5, 0.6) is 11.5 Å². The van der Waals surface area contributed by atoms with Gasteiger partial charge in [0.2, 0.25) is 0 Å². The highest BCUT2D eigenvalue weighted by Gasteiger charge is 2.18. The molecular formula is C15H23NO3. The number of nitrogens with two attached hydrogens (primary N) is 1. The summed E-state index contributed by atoms with van der Waals surface area (Å²) in [5.74, 6) is 2.08. The zero-order valence-corrected chi connectivity index (χ0v) is 11.7. The molecule has 0 aromatic heterocycles. The first-order valence-electron chi connectivity index (χ1n) is 6.82. The van der Waals surface area contributed by atoms with E-state index < -0.39 is 0 Å². The Hall–Kier alpha value is -1.26. The van der Waals surface area contributed by atoms with Gasteiger partial charge < -0.3 is 19.9 Å². The molecule has 19 heavy (non-hydrogen) atoms. The van der Waals surface area contributed by atoms with Gasteiger partial charge >= 0.3 is 0 Å². The number of hydrogen-bond donors (Lipinski definition) is 1. The lowest BCUT2D eigenvalue weighted by atomic mass is 10.1. The fourth-order valence-electron chi connectivity index (χ4n) is 2.31. The van der Waals surface area contributed by atoms with Crippen molar-refractivity contribution >= 4 is 0 Å². The van der Waals surface area contributed by atoms with E-state index >= 15 is 0 Å². The maximum absolute atomic E-state index is 5.98. The minimum atomic E-state index is 0.101. The summed E-state index contributed by atoms with van der Waals surface area (Å²) >= 11 is 0. The van der Waals surface area contributed by atoms with Crippen LogP contribution in [0.3, 0.4) is 0 Å². The van der Waals surface area contributed by atoms with E-state index in [0.29, 0.717) is 12.5 Å². The lowest BCUT2D eigenvalue weighted by molar-refractivity contribution is 0.165. The molecule has 1 aliphatic rings. The molecule has 1 aromatic rings. The first kappa shape index (κ1) is 14.2. The summed E-state index contributed by atoms with van der Waals surface area (Å²) < 4.78 is 16.7. The molecule has 0 aliphatic carbocycles. The van der Waals surface area contributed by atoms with E-state index in [4.69, 9.17) is 19.9 Å². The largest absolute Gasteiger partial charge is 0.493 e. The standard InChI is InChI=1S/C15H23NO3/c1-11(16)8-13-4-3-5-14(17-2)15(13)19-10-12-6-7-18-9-12/h3-5,11-12H,6-10,16H2,1-2H3. The second-order valence-corrected chi connectivity index (χ2v) is 5.17. The van der Waals surface area contributed by atoms with Gasteiger partial charge in [-0.25, -0.2) is 0 Å². The zero-order valence-electron chi connectivity index (χ0n) is 11.7. The van der Waals surface area contributed by atoms with Crippen molar-refractivity contribution in [3.8, 4) is 11.5 Å². The van der Waals surface area contributed by atoms with Gasteiger partial charge in [-0.05, 0) is 31.4 Å². The molecular weight excluding hydrogens is 242 g/mol. The van der Waals surface area contributed by atoms with Crippen molar-refractivity contribution in [2.45, 2.75) is 25.8 Å². The minimum Gasteiger partial charge on any atom is -0.493 e. The summed E-state index contributed by atoms with van der Waals surface area (Å²) in [5.41, 5.74) is 6.99. The van der Waals surface area contributed by atoms with Crippen LogP contribution in [0.25, 0.3) is 0 Å². The number of methoxy groups -OCH3 is 1. The Morgan fingerprint density at radius 1 is 1.47 bits per heavy atom. The molecule has 106 valence electrons. The van der Waals surface area contributed by atoms with Crippen molar-refractivity contribution < 1.29 is 14.2 Å². The van der Waals surface area contributed by atoms with E-state index in [0.717, 1.165) is 43.1 Å². The molecule has 1 saturated heterocycles.